The van der Waals surface area contributed by atoms with Crippen LogP contribution < -0.4 is 20.7 Å². The predicted molar refractivity (Wildman–Crippen MR) is 159 cm³/mol. The van der Waals surface area contributed by atoms with E-state index < -0.39 is 0 Å². The number of fused-ring (bicyclic) bond motifs is 2. The number of nitriles is 1. The molecular formula is C32H40N6O. The summed E-state index contributed by atoms with van der Waals surface area (Å²) in [4.78, 5) is 20.3. The number of nitrogens with one attached hydrogen (secondary N) is 1. The first-order valence-corrected chi connectivity index (χ1v) is 14.5. The lowest BCUT2D eigenvalue weighted by Crippen LogP contribution is -2.40. The average molecular weight is 525 g/mol. The Morgan fingerprint density at radius 2 is 1.69 bits per heavy atom. The lowest BCUT2D eigenvalue weighted by Gasteiger charge is -2.39. The summed E-state index contributed by atoms with van der Waals surface area (Å²) < 4.78 is 1.83. The second-order valence-electron chi connectivity index (χ2n) is 11.8. The second kappa shape index (κ2) is 10.7. The molecule has 2 fully saturated rings. The lowest BCUT2D eigenvalue weighted by molar-refractivity contribution is 0.167. The molecule has 0 saturated carbocycles. The van der Waals surface area contributed by atoms with Gasteiger partial charge in [0.1, 0.15) is 0 Å². The molecule has 3 aliphatic heterocycles. The molecule has 2 aromatic carbocycles. The van der Waals surface area contributed by atoms with E-state index in [1.165, 1.54) is 24.9 Å². The van der Waals surface area contributed by atoms with Crippen molar-refractivity contribution in [2.45, 2.75) is 38.5 Å². The van der Waals surface area contributed by atoms with E-state index >= 15 is 0 Å². The van der Waals surface area contributed by atoms with Gasteiger partial charge in [-0.2, -0.15) is 5.26 Å². The summed E-state index contributed by atoms with van der Waals surface area (Å²) in [6, 6.07) is 15.0. The Kier molecular flexibility index (Phi) is 7.09. The first kappa shape index (κ1) is 25.9. The van der Waals surface area contributed by atoms with Gasteiger partial charge in [0.2, 0.25) is 0 Å². The van der Waals surface area contributed by atoms with Crippen LogP contribution in [-0.2, 0) is 7.05 Å². The third-order valence-corrected chi connectivity index (χ3v) is 9.31. The molecule has 1 N–H and O–H groups in total. The molecule has 0 amide bonds. The highest BCUT2D eigenvalue weighted by Gasteiger charge is 2.28. The molecule has 6 rings (SSSR count). The normalized spacial score (nSPS) is 19.3. The van der Waals surface area contributed by atoms with E-state index in [2.05, 4.69) is 57.4 Å². The van der Waals surface area contributed by atoms with Crippen molar-refractivity contribution >= 4 is 28.0 Å². The second-order valence-corrected chi connectivity index (χ2v) is 11.8. The Morgan fingerprint density at radius 3 is 2.44 bits per heavy atom. The van der Waals surface area contributed by atoms with Gasteiger partial charge >= 0.3 is 0 Å². The quantitative estimate of drug-likeness (QED) is 0.543. The standard InChI is InChI=1S/C32H40N6O/c1-22-16-27-29(36(3)32(22)39)18-26(25-8-12-37(13-9-25)21-23-6-10-34-11-7-23)19-30(27)38-15-14-35(2)28-5-4-24(20-33)17-31(28)38/h4-5,16-19,23,25,34H,6-15,21H2,1-3H3. The van der Waals surface area contributed by atoms with Crippen molar-refractivity contribution in [1.82, 2.24) is 14.8 Å². The van der Waals surface area contributed by atoms with E-state index in [0.717, 1.165) is 91.6 Å². The molecule has 0 unspecified atom stereocenters. The van der Waals surface area contributed by atoms with Crippen LogP contribution in [0.2, 0.25) is 0 Å². The number of likely N-dealkylation sites (N-methyl/N-ethyl adjacent to an activating group) is 1. The van der Waals surface area contributed by atoms with Crippen LogP contribution in [0.4, 0.5) is 17.1 Å². The van der Waals surface area contributed by atoms with Gasteiger partial charge in [-0.05, 0) is 113 Å². The molecule has 3 aliphatic rings. The van der Waals surface area contributed by atoms with Gasteiger partial charge < -0.3 is 24.6 Å². The molecule has 2 saturated heterocycles. The SMILES string of the molecule is Cc1cc2c(N3CCN(C)c4ccc(C#N)cc43)cc(C3CCN(CC4CCNCC4)CC3)cc2n(C)c1=O. The van der Waals surface area contributed by atoms with Crippen LogP contribution in [0.25, 0.3) is 10.9 Å². The molecule has 3 aromatic rings. The van der Waals surface area contributed by atoms with Crippen molar-refractivity contribution in [3.05, 3.63) is 63.4 Å². The smallest absolute Gasteiger partial charge is 0.253 e. The van der Waals surface area contributed by atoms with Gasteiger partial charge in [-0.3, -0.25) is 4.79 Å². The van der Waals surface area contributed by atoms with Crippen LogP contribution in [0.5, 0.6) is 0 Å². The van der Waals surface area contributed by atoms with Crippen molar-refractivity contribution in [2.75, 3.05) is 62.7 Å². The van der Waals surface area contributed by atoms with Gasteiger partial charge in [0.25, 0.3) is 5.56 Å². The molecule has 0 radical (unpaired) electrons. The van der Waals surface area contributed by atoms with E-state index in [9.17, 15) is 10.1 Å². The van der Waals surface area contributed by atoms with Gasteiger partial charge in [0, 0.05) is 44.7 Å². The maximum absolute atomic E-state index is 13.0. The van der Waals surface area contributed by atoms with Crippen LogP contribution >= 0.6 is 0 Å². The average Bonchev–Trinajstić information content (AvgIpc) is 2.97. The Morgan fingerprint density at radius 1 is 0.923 bits per heavy atom. The highest BCUT2D eigenvalue weighted by atomic mass is 16.1. The zero-order chi connectivity index (χ0) is 27.1. The Bertz CT molecular complexity index is 1470. The van der Waals surface area contributed by atoms with Crippen LogP contribution in [0.3, 0.4) is 0 Å². The lowest BCUT2D eigenvalue weighted by atomic mass is 9.87. The molecular weight excluding hydrogens is 484 g/mol. The number of hydrogen-bond donors (Lipinski definition) is 1. The number of aromatic nitrogens is 1. The monoisotopic (exact) mass is 524 g/mol. The Balaban J connectivity index is 1.38. The number of piperidine rings is 2. The third-order valence-electron chi connectivity index (χ3n) is 9.31. The Hall–Kier alpha value is -3.34. The third kappa shape index (κ3) is 4.92. The van der Waals surface area contributed by atoms with Gasteiger partial charge in [-0.15, -0.1) is 0 Å². The summed E-state index contributed by atoms with van der Waals surface area (Å²) in [6.45, 7) is 9.44. The van der Waals surface area contributed by atoms with Gasteiger partial charge in [0.15, 0.2) is 0 Å². The molecule has 39 heavy (non-hydrogen) atoms. The summed E-state index contributed by atoms with van der Waals surface area (Å²) in [7, 11) is 4.01. The fraction of sp³-hybridized carbons (Fsp3) is 0.500. The summed E-state index contributed by atoms with van der Waals surface area (Å²) in [6.07, 6.45) is 4.88. The number of anilines is 3. The highest BCUT2D eigenvalue weighted by molar-refractivity contribution is 5.97. The number of likely N-dealkylation sites (tertiary alicyclic amines) is 1. The fourth-order valence-electron chi connectivity index (χ4n) is 6.93. The van der Waals surface area contributed by atoms with Crippen LogP contribution in [0.1, 0.15) is 48.3 Å². The predicted octanol–water partition coefficient (Wildman–Crippen LogP) is 4.49. The molecule has 0 atom stereocenters. The van der Waals surface area contributed by atoms with E-state index in [4.69, 9.17) is 0 Å². The molecule has 204 valence electrons. The number of rotatable bonds is 4. The van der Waals surface area contributed by atoms with Crippen molar-refractivity contribution in [1.29, 1.82) is 5.26 Å². The zero-order valence-electron chi connectivity index (χ0n) is 23.5. The largest absolute Gasteiger partial charge is 0.371 e. The molecule has 1 aromatic heterocycles. The first-order chi connectivity index (χ1) is 18.9. The fourth-order valence-corrected chi connectivity index (χ4v) is 6.93. The van der Waals surface area contributed by atoms with Crippen LogP contribution in [-0.4, -0.2) is 62.3 Å². The van der Waals surface area contributed by atoms with Crippen molar-refractivity contribution in [2.24, 2.45) is 13.0 Å². The molecule has 7 heteroatoms. The maximum atomic E-state index is 13.0. The number of pyridine rings is 1. The van der Waals surface area contributed by atoms with Gasteiger partial charge in [0.05, 0.1) is 34.2 Å². The molecule has 0 bridgehead atoms. The summed E-state index contributed by atoms with van der Waals surface area (Å²) in [5.74, 6) is 1.30. The van der Waals surface area contributed by atoms with E-state index in [1.807, 2.05) is 30.7 Å². The van der Waals surface area contributed by atoms with Crippen molar-refractivity contribution in [3.63, 3.8) is 0 Å². The topological polar surface area (TPSA) is 67.5 Å². The van der Waals surface area contributed by atoms with Crippen molar-refractivity contribution in [3.8, 4) is 6.07 Å². The summed E-state index contributed by atoms with van der Waals surface area (Å²) >= 11 is 0. The Labute approximate surface area is 231 Å². The minimum absolute atomic E-state index is 0.0629. The highest BCUT2D eigenvalue weighted by Crippen LogP contribution is 2.42. The zero-order valence-corrected chi connectivity index (χ0v) is 23.5. The van der Waals surface area contributed by atoms with Crippen molar-refractivity contribution < 1.29 is 0 Å². The van der Waals surface area contributed by atoms with Crippen LogP contribution in [0, 0.1) is 24.2 Å². The van der Waals surface area contributed by atoms with E-state index in [0.29, 0.717) is 11.5 Å². The van der Waals surface area contributed by atoms with Crippen LogP contribution in [0.15, 0.2) is 41.2 Å². The number of nitrogens with zero attached hydrogens (tertiary/aromatic N) is 5. The maximum Gasteiger partial charge on any atom is 0.253 e. The summed E-state index contributed by atoms with van der Waals surface area (Å²) in [5, 5.41) is 14.2. The number of aryl methyl sites for hydroxylation is 2. The van der Waals surface area contributed by atoms with Gasteiger partial charge in [-0.25, -0.2) is 0 Å². The molecule has 0 spiro atoms. The molecule has 7 nitrogen and oxygen atoms in total. The number of hydrogen-bond acceptors (Lipinski definition) is 6. The minimum atomic E-state index is 0.0629. The van der Waals surface area contributed by atoms with Gasteiger partial charge in [-0.1, -0.05) is 0 Å². The number of benzene rings is 2. The minimum Gasteiger partial charge on any atom is -0.371 e. The molecule has 0 aliphatic carbocycles. The van der Waals surface area contributed by atoms with E-state index in [-0.39, 0.29) is 5.56 Å². The first-order valence-electron chi connectivity index (χ1n) is 14.5. The van der Waals surface area contributed by atoms with E-state index in [1.54, 1.807) is 0 Å². The summed E-state index contributed by atoms with van der Waals surface area (Å²) in [5.41, 5.74) is 7.14. The molecule has 4 heterocycles.